The SMILES string of the molecule is COc1cccc(-n2cnc(N)c2)c1. The first-order valence-corrected chi connectivity index (χ1v) is 4.23. The van der Waals surface area contributed by atoms with Crippen LogP contribution in [-0.4, -0.2) is 16.7 Å². The Balaban J connectivity index is 2.41. The van der Waals surface area contributed by atoms with Crippen LogP contribution in [0, 0.1) is 0 Å². The van der Waals surface area contributed by atoms with Crippen molar-refractivity contribution in [2.24, 2.45) is 0 Å². The molecule has 0 radical (unpaired) electrons. The minimum absolute atomic E-state index is 0.507. The Kier molecular flexibility index (Phi) is 2.10. The summed E-state index contributed by atoms with van der Waals surface area (Å²) in [4.78, 5) is 3.95. The molecule has 0 atom stereocenters. The maximum Gasteiger partial charge on any atom is 0.141 e. The van der Waals surface area contributed by atoms with Crippen molar-refractivity contribution in [2.75, 3.05) is 12.8 Å². The van der Waals surface area contributed by atoms with E-state index in [-0.39, 0.29) is 0 Å². The second-order valence-corrected chi connectivity index (χ2v) is 2.91. The van der Waals surface area contributed by atoms with Crippen LogP contribution < -0.4 is 10.5 Å². The Morgan fingerprint density at radius 2 is 2.29 bits per heavy atom. The number of nitrogen functional groups attached to an aromatic ring is 1. The quantitative estimate of drug-likeness (QED) is 0.778. The molecule has 0 bridgehead atoms. The van der Waals surface area contributed by atoms with E-state index in [2.05, 4.69) is 4.98 Å². The summed E-state index contributed by atoms with van der Waals surface area (Å²) >= 11 is 0. The maximum absolute atomic E-state index is 5.52. The highest BCUT2D eigenvalue weighted by atomic mass is 16.5. The highest BCUT2D eigenvalue weighted by Crippen LogP contribution is 2.16. The van der Waals surface area contributed by atoms with Gasteiger partial charge in [0, 0.05) is 6.07 Å². The molecule has 4 heteroatoms. The van der Waals surface area contributed by atoms with E-state index in [9.17, 15) is 0 Å². The van der Waals surface area contributed by atoms with Crippen molar-refractivity contribution in [3.05, 3.63) is 36.8 Å². The lowest BCUT2D eigenvalue weighted by molar-refractivity contribution is 0.414. The van der Waals surface area contributed by atoms with Gasteiger partial charge in [-0.1, -0.05) is 6.07 Å². The number of anilines is 1. The van der Waals surface area contributed by atoms with Gasteiger partial charge < -0.3 is 15.0 Å². The van der Waals surface area contributed by atoms with Crippen LogP contribution in [0.3, 0.4) is 0 Å². The van der Waals surface area contributed by atoms with Gasteiger partial charge in [0.15, 0.2) is 0 Å². The predicted octanol–water partition coefficient (Wildman–Crippen LogP) is 1.46. The molecule has 14 heavy (non-hydrogen) atoms. The number of benzene rings is 1. The third-order valence-corrected chi connectivity index (χ3v) is 1.95. The monoisotopic (exact) mass is 189 g/mol. The standard InChI is InChI=1S/C10H11N3O/c1-14-9-4-2-3-8(5-9)13-6-10(11)12-7-13/h2-7H,11H2,1H3. The minimum atomic E-state index is 0.507. The average molecular weight is 189 g/mol. The molecule has 2 aromatic rings. The minimum Gasteiger partial charge on any atom is -0.497 e. The van der Waals surface area contributed by atoms with Gasteiger partial charge in [0.25, 0.3) is 0 Å². The van der Waals surface area contributed by atoms with Crippen LogP contribution in [0.1, 0.15) is 0 Å². The van der Waals surface area contributed by atoms with E-state index in [1.807, 2.05) is 28.8 Å². The highest BCUT2D eigenvalue weighted by molar-refractivity contribution is 5.41. The number of imidazole rings is 1. The molecule has 2 rings (SSSR count). The number of nitrogens with zero attached hydrogens (tertiary/aromatic N) is 2. The smallest absolute Gasteiger partial charge is 0.141 e. The van der Waals surface area contributed by atoms with Crippen LogP contribution >= 0.6 is 0 Å². The van der Waals surface area contributed by atoms with Crippen molar-refractivity contribution >= 4 is 5.82 Å². The first-order valence-electron chi connectivity index (χ1n) is 4.23. The first kappa shape index (κ1) is 8.62. The molecule has 0 spiro atoms. The zero-order valence-corrected chi connectivity index (χ0v) is 7.84. The number of ether oxygens (including phenoxy) is 1. The first-order chi connectivity index (χ1) is 6.79. The largest absolute Gasteiger partial charge is 0.497 e. The van der Waals surface area contributed by atoms with E-state index in [4.69, 9.17) is 10.5 Å². The Morgan fingerprint density at radius 3 is 2.93 bits per heavy atom. The van der Waals surface area contributed by atoms with Crippen molar-refractivity contribution < 1.29 is 4.74 Å². The molecular weight excluding hydrogens is 178 g/mol. The summed E-state index contributed by atoms with van der Waals surface area (Å²) < 4.78 is 6.96. The Morgan fingerprint density at radius 1 is 1.43 bits per heavy atom. The van der Waals surface area contributed by atoms with Gasteiger partial charge in [-0.05, 0) is 12.1 Å². The molecule has 0 aliphatic heterocycles. The van der Waals surface area contributed by atoms with E-state index in [0.717, 1.165) is 11.4 Å². The second-order valence-electron chi connectivity index (χ2n) is 2.91. The zero-order valence-electron chi connectivity index (χ0n) is 7.84. The van der Waals surface area contributed by atoms with Crippen LogP contribution in [0.5, 0.6) is 5.75 Å². The second kappa shape index (κ2) is 3.41. The zero-order chi connectivity index (χ0) is 9.97. The van der Waals surface area contributed by atoms with Crippen molar-refractivity contribution in [1.29, 1.82) is 0 Å². The Labute approximate surface area is 81.9 Å². The molecule has 0 amide bonds. The lowest BCUT2D eigenvalue weighted by Gasteiger charge is -2.04. The van der Waals surface area contributed by atoms with Gasteiger partial charge in [0.05, 0.1) is 19.0 Å². The van der Waals surface area contributed by atoms with Crippen LogP contribution in [0.25, 0.3) is 5.69 Å². The van der Waals surface area contributed by atoms with Crippen LogP contribution in [0.4, 0.5) is 5.82 Å². The van der Waals surface area contributed by atoms with Crippen molar-refractivity contribution in [1.82, 2.24) is 9.55 Å². The summed E-state index contributed by atoms with van der Waals surface area (Å²) in [6.45, 7) is 0. The lowest BCUT2D eigenvalue weighted by Crippen LogP contribution is -1.91. The van der Waals surface area contributed by atoms with Crippen LogP contribution in [0.2, 0.25) is 0 Å². The molecule has 0 saturated carbocycles. The van der Waals surface area contributed by atoms with Crippen molar-refractivity contribution in [3.8, 4) is 11.4 Å². The van der Waals surface area contributed by atoms with Gasteiger partial charge in [-0.3, -0.25) is 0 Å². The van der Waals surface area contributed by atoms with Gasteiger partial charge >= 0.3 is 0 Å². The highest BCUT2D eigenvalue weighted by Gasteiger charge is 1.98. The summed E-state index contributed by atoms with van der Waals surface area (Å²) in [6.07, 6.45) is 3.43. The van der Waals surface area contributed by atoms with Crippen LogP contribution in [-0.2, 0) is 0 Å². The van der Waals surface area contributed by atoms with E-state index in [0.29, 0.717) is 5.82 Å². The van der Waals surface area contributed by atoms with Crippen molar-refractivity contribution in [2.45, 2.75) is 0 Å². The predicted molar refractivity (Wildman–Crippen MR) is 54.5 cm³/mol. The van der Waals surface area contributed by atoms with Gasteiger partial charge in [-0.25, -0.2) is 4.98 Å². The fourth-order valence-electron chi connectivity index (χ4n) is 1.25. The third-order valence-electron chi connectivity index (χ3n) is 1.95. The Bertz CT molecular complexity index is 436. The average Bonchev–Trinajstić information content (AvgIpc) is 2.65. The summed E-state index contributed by atoms with van der Waals surface area (Å²) in [5.41, 5.74) is 6.50. The number of hydrogen-bond donors (Lipinski definition) is 1. The van der Waals surface area contributed by atoms with Gasteiger partial charge in [-0.15, -0.1) is 0 Å². The number of hydrogen-bond acceptors (Lipinski definition) is 3. The fourth-order valence-corrected chi connectivity index (χ4v) is 1.25. The molecule has 0 saturated heterocycles. The molecule has 1 aromatic heterocycles. The summed E-state index contributed by atoms with van der Waals surface area (Å²) in [5.74, 6) is 1.32. The molecule has 0 aliphatic rings. The summed E-state index contributed by atoms with van der Waals surface area (Å²) in [5, 5.41) is 0. The molecule has 0 unspecified atom stereocenters. The lowest BCUT2D eigenvalue weighted by atomic mass is 10.3. The molecule has 2 N–H and O–H groups in total. The topological polar surface area (TPSA) is 53.1 Å². The molecule has 0 fully saturated rings. The molecule has 4 nitrogen and oxygen atoms in total. The van der Waals surface area contributed by atoms with Crippen molar-refractivity contribution in [3.63, 3.8) is 0 Å². The summed E-state index contributed by atoms with van der Waals surface area (Å²) in [7, 11) is 1.64. The number of methoxy groups -OCH3 is 1. The Hall–Kier alpha value is -1.97. The normalized spacial score (nSPS) is 10.1. The number of rotatable bonds is 2. The van der Waals surface area contributed by atoms with Gasteiger partial charge in [-0.2, -0.15) is 0 Å². The maximum atomic E-state index is 5.52. The van der Waals surface area contributed by atoms with E-state index >= 15 is 0 Å². The van der Waals surface area contributed by atoms with E-state index < -0.39 is 0 Å². The number of nitrogens with two attached hydrogens (primary N) is 1. The van der Waals surface area contributed by atoms with Gasteiger partial charge in [0.2, 0.25) is 0 Å². The molecular formula is C10H11N3O. The third kappa shape index (κ3) is 1.54. The van der Waals surface area contributed by atoms with E-state index in [1.165, 1.54) is 0 Å². The van der Waals surface area contributed by atoms with Gasteiger partial charge in [0.1, 0.15) is 17.9 Å². The molecule has 0 aliphatic carbocycles. The molecule has 72 valence electrons. The molecule has 1 heterocycles. The van der Waals surface area contributed by atoms with Crippen LogP contribution in [0.15, 0.2) is 36.8 Å². The fraction of sp³-hybridized carbons (Fsp3) is 0.100. The summed E-state index contributed by atoms with van der Waals surface area (Å²) in [6, 6.07) is 7.69. The van der Waals surface area contributed by atoms with E-state index in [1.54, 1.807) is 19.6 Å². The molecule has 1 aromatic carbocycles. The number of aromatic nitrogens is 2.